The van der Waals surface area contributed by atoms with Gasteiger partial charge in [-0.1, -0.05) is 6.07 Å². The molecule has 2 nitrogen and oxygen atoms in total. The molecule has 2 rings (SSSR count). The van der Waals surface area contributed by atoms with Gasteiger partial charge in [-0.25, -0.2) is 26.3 Å². The van der Waals surface area contributed by atoms with Crippen LogP contribution in [-0.2, 0) is 4.79 Å². The predicted molar refractivity (Wildman–Crippen MR) is 63.0 cm³/mol. The van der Waals surface area contributed by atoms with Crippen LogP contribution in [0.5, 0.6) is 0 Å². The van der Waals surface area contributed by atoms with E-state index in [0.717, 1.165) is 12.1 Å². The molecular weight excluding hydrogens is 300 g/mol. The first kappa shape index (κ1) is 15.7. The highest BCUT2D eigenvalue weighted by atomic mass is 19.2. The van der Waals surface area contributed by atoms with Crippen LogP contribution in [0, 0.1) is 11.7 Å². The monoisotopic (exact) mass is 311 g/mol. The molecule has 0 unspecified atom stereocenters. The van der Waals surface area contributed by atoms with Gasteiger partial charge in [0, 0.05) is 5.69 Å². The van der Waals surface area contributed by atoms with E-state index in [1.165, 1.54) is 12.1 Å². The molecular formula is C13H11F6NO. The molecule has 0 heterocycles. The van der Waals surface area contributed by atoms with Crippen LogP contribution in [0.15, 0.2) is 24.3 Å². The van der Waals surface area contributed by atoms with Crippen molar-refractivity contribution in [2.24, 2.45) is 5.92 Å². The second kappa shape index (κ2) is 5.95. The second-order valence-electron chi connectivity index (χ2n) is 4.75. The number of hydrogen-bond donors (Lipinski definition) is 1. The Balaban J connectivity index is 2.17. The average Bonchev–Trinajstić information content (AvgIpc) is 2.43. The number of nitrogens with one attached hydrogen (secondary N) is 1. The Labute approximate surface area is 116 Å². The maximum absolute atomic E-state index is 13.6. The van der Waals surface area contributed by atoms with Gasteiger partial charge in [0.1, 0.15) is 24.1 Å². The molecule has 0 aromatic heterocycles. The van der Waals surface area contributed by atoms with E-state index in [9.17, 15) is 31.1 Å². The van der Waals surface area contributed by atoms with Crippen LogP contribution in [0.1, 0.15) is 0 Å². The number of benzene rings is 1. The van der Waals surface area contributed by atoms with Gasteiger partial charge in [-0.2, -0.15) is 0 Å². The summed E-state index contributed by atoms with van der Waals surface area (Å²) >= 11 is 0. The first-order valence-corrected chi connectivity index (χ1v) is 6.09. The summed E-state index contributed by atoms with van der Waals surface area (Å²) in [5.74, 6) is -4.44. The van der Waals surface area contributed by atoms with E-state index in [0.29, 0.717) is 0 Å². The number of rotatable bonds is 2. The molecule has 1 N–H and O–H groups in total. The van der Waals surface area contributed by atoms with Gasteiger partial charge in [-0.05, 0) is 18.2 Å². The quantitative estimate of drug-likeness (QED) is 0.836. The first-order valence-electron chi connectivity index (χ1n) is 6.09. The van der Waals surface area contributed by atoms with Gasteiger partial charge in [0.05, 0.1) is 0 Å². The maximum Gasteiger partial charge on any atom is 0.233 e. The smallest absolute Gasteiger partial charge is 0.233 e. The summed E-state index contributed by atoms with van der Waals surface area (Å²) in [7, 11) is 0. The SMILES string of the molecule is O=C(Nc1cccc(F)c1)C1[C@@H](F)[C@@H](F)C(F)[C@H](F)[C@@H]1F. The highest BCUT2D eigenvalue weighted by Gasteiger charge is 2.56. The van der Waals surface area contributed by atoms with Crippen LogP contribution < -0.4 is 5.32 Å². The molecule has 116 valence electrons. The molecule has 21 heavy (non-hydrogen) atoms. The van der Waals surface area contributed by atoms with Gasteiger partial charge in [-0.15, -0.1) is 0 Å². The minimum atomic E-state index is -2.96. The molecule has 0 spiro atoms. The summed E-state index contributed by atoms with van der Waals surface area (Å²) in [5.41, 5.74) is -0.132. The Hall–Kier alpha value is -1.73. The largest absolute Gasteiger partial charge is 0.326 e. The van der Waals surface area contributed by atoms with Crippen LogP contribution in [0.25, 0.3) is 0 Å². The van der Waals surface area contributed by atoms with Crippen LogP contribution in [0.3, 0.4) is 0 Å². The summed E-state index contributed by atoms with van der Waals surface area (Å²) in [6, 6.07) is 4.37. The van der Waals surface area contributed by atoms with Crippen molar-refractivity contribution in [2.75, 3.05) is 5.32 Å². The van der Waals surface area contributed by atoms with Gasteiger partial charge in [-0.3, -0.25) is 4.79 Å². The van der Waals surface area contributed by atoms with Gasteiger partial charge < -0.3 is 5.32 Å². The lowest BCUT2D eigenvalue weighted by Gasteiger charge is -2.35. The highest BCUT2D eigenvalue weighted by Crippen LogP contribution is 2.36. The summed E-state index contributed by atoms with van der Waals surface area (Å²) < 4.78 is 79.5. The Bertz CT molecular complexity index is 511. The molecule has 1 saturated carbocycles. The van der Waals surface area contributed by atoms with Crippen LogP contribution in [0.2, 0.25) is 0 Å². The van der Waals surface area contributed by atoms with Gasteiger partial charge >= 0.3 is 0 Å². The lowest BCUT2D eigenvalue weighted by atomic mass is 9.81. The molecule has 8 heteroatoms. The van der Waals surface area contributed by atoms with Crippen LogP contribution >= 0.6 is 0 Å². The van der Waals surface area contributed by atoms with E-state index in [4.69, 9.17) is 0 Å². The van der Waals surface area contributed by atoms with Crippen molar-refractivity contribution in [1.29, 1.82) is 0 Å². The molecule has 1 aromatic rings. The zero-order chi connectivity index (χ0) is 15.7. The van der Waals surface area contributed by atoms with Crippen molar-refractivity contribution in [3.8, 4) is 0 Å². The van der Waals surface area contributed by atoms with Crippen molar-refractivity contribution in [3.63, 3.8) is 0 Å². The van der Waals surface area contributed by atoms with E-state index in [1.807, 2.05) is 5.32 Å². The Morgan fingerprint density at radius 2 is 1.43 bits per heavy atom. The number of carbonyl (C=O) groups is 1. The van der Waals surface area contributed by atoms with Crippen molar-refractivity contribution in [1.82, 2.24) is 0 Å². The zero-order valence-corrected chi connectivity index (χ0v) is 10.4. The molecule has 0 aliphatic heterocycles. The standard InChI is InChI=1S/C13H11F6NO/c14-5-2-1-3-6(4-5)20-13(21)7-8(15)10(17)12(19)11(18)9(7)16/h1-4,7-12H,(H,20,21)/t7?,8-,9-,10-,11-,12?/m1/s1. The minimum absolute atomic E-state index is 0.132. The van der Waals surface area contributed by atoms with E-state index >= 15 is 0 Å². The van der Waals surface area contributed by atoms with Gasteiger partial charge in [0.15, 0.2) is 18.5 Å². The van der Waals surface area contributed by atoms with E-state index in [1.54, 1.807) is 0 Å². The van der Waals surface area contributed by atoms with Crippen molar-refractivity contribution < 1.29 is 31.1 Å². The fourth-order valence-electron chi connectivity index (χ4n) is 2.18. The molecule has 4 atom stereocenters. The molecule has 1 amide bonds. The molecule has 0 radical (unpaired) electrons. The van der Waals surface area contributed by atoms with Crippen LogP contribution in [0.4, 0.5) is 32.0 Å². The number of carbonyl (C=O) groups excluding carboxylic acids is 1. The fraction of sp³-hybridized carbons (Fsp3) is 0.462. The Morgan fingerprint density at radius 3 is 1.95 bits per heavy atom. The maximum atomic E-state index is 13.6. The van der Waals surface area contributed by atoms with E-state index in [2.05, 4.69) is 0 Å². The summed E-state index contributed by atoms with van der Waals surface area (Å²) in [4.78, 5) is 11.7. The molecule has 0 saturated heterocycles. The van der Waals surface area contributed by atoms with Crippen molar-refractivity contribution in [2.45, 2.75) is 30.9 Å². The van der Waals surface area contributed by atoms with Crippen LogP contribution in [-0.4, -0.2) is 36.8 Å². The lowest BCUT2D eigenvalue weighted by molar-refractivity contribution is -0.138. The third-order valence-corrected chi connectivity index (χ3v) is 3.30. The number of anilines is 1. The Morgan fingerprint density at radius 1 is 0.905 bits per heavy atom. The third-order valence-electron chi connectivity index (χ3n) is 3.30. The van der Waals surface area contributed by atoms with Crippen molar-refractivity contribution >= 4 is 11.6 Å². The van der Waals surface area contributed by atoms with Gasteiger partial charge in [0.2, 0.25) is 5.91 Å². The number of halogens is 6. The number of alkyl halides is 5. The zero-order valence-electron chi connectivity index (χ0n) is 10.4. The minimum Gasteiger partial charge on any atom is -0.326 e. The van der Waals surface area contributed by atoms with E-state index in [-0.39, 0.29) is 5.69 Å². The number of hydrogen-bond acceptors (Lipinski definition) is 1. The fourth-order valence-corrected chi connectivity index (χ4v) is 2.18. The average molecular weight is 311 g/mol. The molecule has 1 fully saturated rings. The molecule has 1 aromatic carbocycles. The van der Waals surface area contributed by atoms with E-state index < -0.39 is 48.5 Å². The highest BCUT2D eigenvalue weighted by molar-refractivity contribution is 5.93. The number of amides is 1. The molecule has 0 bridgehead atoms. The summed E-state index contributed by atoms with van der Waals surface area (Å²) in [6.45, 7) is 0. The second-order valence-corrected chi connectivity index (χ2v) is 4.75. The summed E-state index contributed by atoms with van der Waals surface area (Å²) in [5, 5.41) is 1.95. The summed E-state index contributed by atoms with van der Waals surface area (Å²) in [6.07, 6.45) is -14.5. The van der Waals surface area contributed by atoms with Gasteiger partial charge in [0.25, 0.3) is 0 Å². The normalized spacial score (nSPS) is 36.3. The van der Waals surface area contributed by atoms with Crippen molar-refractivity contribution in [3.05, 3.63) is 30.1 Å². The topological polar surface area (TPSA) is 29.1 Å². The Kier molecular flexibility index (Phi) is 4.43. The third kappa shape index (κ3) is 2.98. The lowest BCUT2D eigenvalue weighted by Crippen LogP contribution is -2.56. The first-order chi connectivity index (χ1) is 9.82. The predicted octanol–water partition coefficient (Wildman–Crippen LogP) is 3.08. The molecule has 1 aliphatic rings. The molecule has 1 aliphatic carbocycles.